The second-order valence-corrected chi connectivity index (χ2v) is 9.19. The highest BCUT2D eigenvalue weighted by Gasteiger charge is 2.32. The fourth-order valence-electron chi connectivity index (χ4n) is 4.12. The van der Waals surface area contributed by atoms with Gasteiger partial charge < -0.3 is 9.32 Å². The molecule has 33 heavy (non-hydrogen) atoms. The van der Waals surface area contributed by atoms with Crippen LogP contribution < -0.4 is 0 Å². The highest BCUT2D eigenvalue weighted by atomic mass is 32.1. The third-order valence-electron chi connectivity index (χ3n) is 5.69. The Bertz CT molecular complexity index is 1260. The van der Waals surface area contributed by atoms with Gasteiger partial charge in [-0.25, -0.2) is 9.37 Å². The summed E-state index contributed by atoms with van der Waals surface area (Å²) in [4.78, 5) is 25.0. The minimum atomic E-state index is -0.311. The van der Waals surface area contributed by atoms with Crippen molar-refractivity contribution in [2.24, 2.45) is 0 Å². The van der Waals surface area contributed by atoms with Crippen molar-refractivity contribution in [1.82, 2.24) is 25.1 Å². The molecule has 0 aliphatic carbocycles. The molecule has 1 aliphatic heterocycles. The van der Waals surface area contributed by atoms with E-state index in [1.165, 1.54) is 23.5 Å². The first kappa shape index (κ1) is 21.4. The van der Waals surface area contributed by atoms with E-state index < -0.39 is 0 Å². The number of likely N-dealkylation sites (tertiary alicyclic amines) is 1. The minimum Gasteiger partial charge on any atom is -0.419 e. The average molecular weight is 464 g/mol. The van der Waals surface area contributed by atoms with Crippen molar-refractivity contribution < 1.29 is 13.6 Å². The van der Waals surface area contributed by atoms with Gasteiger partial charge >= 0.3 is 0 Å². The molecule has 3 aromatic heterocycles. The van der Waals surface area contributed by atoms with Gasteiger partial charge in [0.2, 0.25) is 5.89 Å². The van der Waals surface area contributed by atoms with Crippen molar-refractivity contribution in [2.75, 3.05) is 6.54 Å². The Balaban J connectivity index is 1.39. The predicted octanol–water partition coefficient (Wildman–Crippen LogP) is 4.94. The zero-order valence-electron chi connectivity index (χ0n) is 18.1. The van der Waals surface area contributed by atoms with Crippen LogP contribution in [0, 0.1) is 12.7 Å². The van der Waals surface area contributed by atoms with Crippen LogP contribution >= 0.6 is 11.3 Å². The number of hydrogen-bond acceptors (Lipinski definition) is 7. The van der Waals surface area contributed by atoms with Crippen molar-refractivity contribution in [3.05, 3.63) is 71.1 Å². The molecule has 4 aromatic rings. The summed E-state index contributed by atoms with van der Waals surface area (Å²) in [5.41, 5.74) is 1.82. The summed E-state index contributed by atoms with van der Waals surface area (Å²) >= 11 is 1.44. The Hall–Kier alpha value is -3.46. The van der Waals surface area contributed by atoms with Gasteiger partial charge in [0.25, 0.3) is 11.8 Å². The average Bonchev–Trinajstić information content (AvgIpc) is 3.47. The fraction of sp³-hybridized carbons (Fsp3) is 0.292. The number of pyridine rings is 1. The standard InChI is InChI=1S/C24H22FN5O2S/c1-15-27-21(22(33-15)16-8-10-17(25)11-9-16)24(31)30-13-5-3-6-18(30)14-20-28-29-23(32-20)19-7-2-4-12-26-19/h2,4,7-12,18H,3,5-6,13-14H2,1H3. The number of benzene rings is 1. The molecule has 0 N–H and O–H groups in total. The second-order valence-electron chi connectivity index (χ2n) is 7.99. The Morgan fingerprint density at radius 2 is 2.03 bits per heavy atom. The molecule has 4 heterocycles. The molecule has 1 atom stereocenters. The van der Waals surface area contributed by atoms with Crippen LogP contribution in [0.3, 0.4) is 0 Å². The number of amides is 1. The number of aryl methyl sites for hydroxylation is 1. The van der Waals surface area contributed by atoms with E-state index in [4.69, 9.17) is 4.42 Å². The molecule has 7 nitrogen and oxygen atoms in total. The lowest BCUT2D eigenvalue weighted by atomic mass is 9.98. The smallest absolute Gasteiger partial charge is 0.274 e. The normalized spacial score (nSPS) is 16.2. The van der Waals surface area contributed by atoms with E-state index in [0.717, 1.165) is 34.7 Å². The van der Waals surface area contributed by atoms with Crippen LogP contribution in [0.1, 0.15) is 40.6 Å². The molecule has 0 bridgehead atoms. The predicted molar refractivity (Wildman–Crippen MR) is 122 cm³/mol. The lowest BCUT2D eigenvalue weighted by Crippen LogP contribution is -2.45. The molecule has 1 fully saturated rings. The second kappa shape index (κ2) is 9.19. The summed E-state index contributed by atoms with van der Waals surface area (Å²) in [5, 5.41) is 9.10. The molecule has 168 valence electrons. The van der Waals surface area contributed by atoms with E-state index in [9.17, 15) is 9.18 Å². The highest BCUT2D eigenvalue weighted by molar-refractivity contribution is 7.15. The zero-order chi connectivity index (χ0) is 22.8. The molecule has 1 amide bonds. The molecule has 1 aromatic carbocycles. The van der Waals surface area contributed by atoms with Gasteiger partial charge in [-0.05, 0) is 56.0 Å². The molecule has 0 radical (unpaired) electrons. The molecule has 0 saturated carbocycles. The third-order valence-corrected chi connectivity index (χ3v) is 6.71. The van der Waals surface area contributed by atoms with Crippen molar-refractivity contribution >= 4 is 17.2 Å². The first-order chi connectivity index (χ1) is 16.1. The topological polar surface area (TPSA) is 85.0 Å². The van der Waals surface area contributed by atoms with Crippen LogP contribution in [0.4, 0.5) is 4.39 Å². The van der Waals surface area contributed by atoms with E-state index in [1.807, 2.05) is 30.0 Å². The lowest BCUT2D eigenvalue weighted by molar-refractivity contribution is 0.0601. The monoisotopic (exact) mass is 463 g/mol. The summed E-state index contributed by atoms with van der Waals surface area (Å²) in [6.45, 7) is 2.52. The number of rotatable bonds is 5. The van der Waals surface area contributed by atoms with E-state index in [1.54, 1.807) is 18.3 Å². The minimum absolute atomic E-state index is 0.0636. The Morgan fingerprint density at radius 3 is 2.82 bits per heavy atom. The molecule has 1 saturated heterocycles. The quantitative estimate of drug-likeness (QED) is 0.417. The largest absolute Gasteiger partial charge is 0.419 e. The van der Waals surface area contributed by atoms with E-state index in [-0.39, 0.29) is 17.8 Å². The van der Waals surface area contributed by atoms with Crippen LogP contribution in [0.15, 0.2) is 53.1 Å². The Labute approximate surface area is 194 Å². The molecule has 9 heteroatoms. The summed E-state index contributed by atoms with van der Waals surface area (Å²) in [6.07, 6.45) is 4.95. The number of nitrogens with zero attached hydrogens (tertiary/aromatic N) is 5. The fourth-order valence-corrected chi connectivity index (χ4v) is 5.03. The number of aromatic nitrogens is 4. The molecule has 1 unspecified atom stereocenters. The van der Waals surface area contributed by atoms with Gasteiger partial charge in [0.15, 0.2) is 0 Å². The summed E-state index contributed by atoms with van der Waals surface area (Å²) < 4.78 is 19.3. The third kappa shape index (κ3) is 4.54. The highest BCUT2D eigenvalue weighted by Crippen LogP contribution is 2.33. The van der Waals surface area contributed by atoms with Gasteiger partial charge in [0.1, 0.15) is 17.2 Å². The lowest BCUT2D eigenvalue weighted by Gasteiger charge is -2.35. The molecule has 1 aliphatic rings. The van der Waals surface area contributed by atoms with E-state index in [2.05, 4.69) is 20.2 Å². The summed E-state index contributed by atoms with van der Waals surface area (Å²) in [5.74, 6) is 0.419. The maximum Gasteiger partial charge on any atom is 0.274 e. The molecular formula is C24H22FN5O2S. The molecule has 5 rings (SSSR count). The zero-order valence-corrected chi connectivity index (χ0v) is 18.9. The first-order valence-corrected chi connectivity index (χ1v) is 11.7. The van der Waals surface area contributed by atoms with Gasteiger partial charge in [-0.15, -0.1) is 21.5 Å². The summed E-state index contributed by atoms with van der Waals surface area (Å²) in [6, 6.07) is 11.6. The van der Waals surface area contributed by atoms with Gasteiger partial charge in [-0.3, -0.25) is 9.78 Å². The van der Waals surface area contributed by atoms with Crippen LogP contribution in [-0.2, 0) is 6.42 Å². The molecule has 0 spiro atoms. The number of halogens is 1. The van der Waals surface area contributed by atoms with E-state index >= 15 is 0 Å². The number of piperidine rings is 1. The maximum absolute atomic E-state index is 13.6. The maximum atomic E-state index is 13.6. The van der Waals surface area contributed by atoms with Gasteiger partial charge in [0, 0.05) is 25.2 Å². The van der Waals surface area contributed by atoms with Crippen molar-refractivity contribution in [2.45, 2.75) is 38.6 Å². The van der Waals surface area contributed by atoms with Crippen LogP contribution in [-0.4, -0.2) is 43.6 Å². The SMILES string of the molecule is Cc1nc(C(=O)N2CCCCC2Cc2nnc(-c3ccccn3)o2)c(-c2ccc(F)cc2)s1. The van der Waals surface area contributed by atoms with E-state index in [0.29, 0.717) is 36.1 Å². The van der Waals surface area contributed by atoms with Crippen molar-refractivity contribution in [3.63, 3.8) is 0 Å². The van der Waals surface area contributed by atoms with Crippen molar-refractivity contribution in [1.29, 1.82) is 0 Å². The number of carbonyl (C=O) groups is 1. The van der Waals surface area contributed by atoms with Gasteiger partial charge in [-0.1, -0.05) is 18.2 Å². The Morgan fingerprint density at radius 1 is 1.18 bits per heavy atom. The molecular weight excluding hydrogens is 441 g/mol. The van der Waals surface area contributed by atoms with Gasteiger partial charge in [-0.2, -0.15) is 0 Å². The number of carbonyl (C=O) groups excluding carboxylic acids is 1. The van der Waals surface area contributed by atoms with Crippen LogP contribution in [0.5, 0.6) is 0 Å². The van der Waals surface area contributed by atoms with Gasteiger partial charge in [0.05, 0.1) is 9.88 Å². The van der Waals surface area contributed by atoms with Crippen LogP contribution in [0.2, 0.25) is 0 Å². The number of hydrogen-bond donors (Lipinski definition) is 0. The van der Waals surface area contributed by atoms with Crippen molar-refractivity contribution in [3.8, 4) is 22.0 Å². The number of thiazole rings is 1. The Kier molecular flexibility index (Phi) is 5.95. The summed E-state index contributed by atoms with van der Waals surface area (Å²) in [7, 11) is 0. The first-order valence-electron chi connectivity index (χ1n) is 10.9. The van der Waals surface area contributed by atoms with Crippen LogP contribution in [0.25, 0.3) is 22.0 Å².